The first kappa shape index (κ1) is 14.4. The van der Waals surface area contributed by atoms with Crippen molar-refractivity contribution in [2.75, 3.05) is 7.11 Å². The van der Waals surface area contributed by atoms with Gasteiger partial charge in [0.25, 0.3) is 0 Å². The number of ether oxygens (including phenoxy) is 1. The van der Waals surface area contributed by atoms with Crippen molar-refractivity contribution in [3.05, 3.63) is 47.5 Å². The number of aryl methyl sites for hydroxylation is 2. The fraction of sp³-hybridized carbons (Fsp3) is 0.200. The van der Waals surface area contributed by atoms with Gasteiger partial charge in [0.1, 0.15) is 17.2 Å². The minimum Gasteiger partial charge on any atom is -0.508 e. The molecule has 5 heteroatoms. The Morgan fingerprint density at radius 2 is 1.80 bits per heavy atom. The SMILES string of the molecule is COc1ccc(OS(=O)c2ccc(O)cc2C)cc1C. The van der Waals surface area contributed by atoms with Crippen LogP contribution in [-0.4, -0.2) is 16.4 Å². The number of phenols is 1. The highest BCUT2D eigenvalue weighted by Crippen LogP contribution is 2.26. The third-order valence-electron chi connectivity index (χ3n) is 2.88. The van der Waals surface area contributed by atoms with Gasteiger partial charge in [-0.15, -0.1) is 0 Å². The van der Waals surface area contributed by atoms with E-state index < -0.39 is 11.1 Å². The summed E-state index contributed by atoms with van der Waals surface area (Å²) in [5.74, 6) is 1.40. The van der Waals surface area contributed by atoms with E-state index in [0.717, 1.165) is 11.3 Å². The zero-order valence-electron chi connectivity index (χ0n) is 11.5. The van der Waals surface area contributed by atoms with Gasteiger partial charge in [-0.2, -0.15) is 0 Å². The van der Waals surface area contributed by atoms with Crippen LogP contribution in [0.25, 0.3) is 0 Å². The predicted molar refractivity (Wildman–Crippen MR) is 77.6 cm³/mol. The summed E-state index contributed by atoms with van der Waals surface area (Å²) in [7, 11) is 1.60. The monoisotopic (exact) mass is 292 g/mol. The molecule has 2 aromatic rings. The number of methoxy groups -OCH3 is 1. The molecule has 106 valence electrons. The predicted octanol–water partition coefficient (Wildman–Crippen LogP) is 3.12. The quantitative estimate of drug-likeness (QED) is 0.940. The Morgan fingerprint density at radius 1 is 1.05 bits per heavy atom. The molecule has 0 saturated heterocycles. The lowest BCUT2D eigenvalue weighted by molar-refractivity contribution is 0.411. The number of rotatable bonds is 4. The molecule has 0 bridgehead atoms. The summed E-state index contributed by atoms with van der Waals surface area (Å²) in [4.78, 5) is 0.538. The molecule has 0 aliphatic rings. The largest absolute Gasteiger partial charge is 0.508 e. The van der Waals surface area contributed by atoms with Crippen molar-refractivity contribution in [2.24, 2.45) is 0 Å². The molecule has 0 spiro atoms. The van der Waals surface area contributed by atoms with Crippen LogP contribution in [0.5, 0.6) is 17.2 Å². The van der Waals surface area contributed by atoms with Gasteiger partial charge in [-0.1, -0.05) is 0 Å². The van der Waals surface area contributed by atoms with Crippen molar-refractivity contribution in [3.8, 4) is 17.2 Å². The van der Waals surface area contributed by atoms with Gasteiger partial charge in [0.15, 0.2) is 0 Å². The van der Waals surface area contributed by atoms with Crippen LogP contribution in [0.15, 0.2) is 41.3 Å². The third kappa shape index (κ3) is 3.11. The zero-order valence-corrected chi connectivity index (χ0v) is 12.4. The lowest BCUT2D eigenvalue weighted by Gasteiger charge is -2.10. The maximum Gasteiger partial charge on any atom is 0.240 e. The summed E-state index contributed by atoms with van der Waals surface area (Å²) in [6.45, 7) is 3.66. The van der Waals surface area contributed by atoms with E-state index in [2.05, 4.69) is 0 Å². The molecule has 4 nitrogen and oxygen atoms in total. The highest BCUT2D eigenvalue weighted by Gasteiger charge is 2.11. The molecule has 2 aromatic carbocycles. The fourth-order valence-corrected chi connectivity index (χ4v) is 2.72. The van der Waals surface area contributed by atoms with E-state index in [1.807, 2.05) is 6.92 Å². The number of hydrogen-bond donors (Lipinski definition) is 1. The minimum atomic E-state index is -1.62. The Hall–Kier alpha value is -2.01. The van der Waals surface area contributed by atoms with Crippen molar-refractivity contribution in [2.45, 2.75) is 18.7 Å². The van der Waals surface area contributed by atoms with Crippen LogP contribution in [0.4, 0.5) is 0 Å². The van der Waals surface area contributed by atoms with Gasteiger partial charge in [-0.3, -0.25) is 0 Å². The average Bonchev–Trinajstić information content (AvgIpc) is 2.38. The summed E-state index contributed by atoms with van der Waals surface area (Å²) in [6.07, 6.45) is 0. The lowest BCUT2D eigenvalue weighted by Crippen LogP contribution is -2.03. The topological polar surface area (TPSA) is 55.8 Å². The second-order valence-electron chi connectivity index (χ2n) is 4.40. The first-order valence-electron chi connectivity index (χ1n) is 6.05. The number of benzene rings is 2. The second kappa shape index (κ2) is 5.96. The Kier molecular flexibility index (Phi) is 4.29. The van der Waals surface area contributed by atoms with E-state index in [4.69, 9.17) is 8.92 Å². The van der Waals surface area contributed by atoms with Gasteiger partial charge in [0, 0.05) is 0 Å². The van der Waals surface area contributed by atoms with Gasteiger partial charge >= 0.3 is 0 Å². The van der Waals surface area contributed by atoms with Crippen LogP contribution in [0.3, 0.4) is 0 Å². The lowest BCUT2D eigenvalue weighted by atomic mass is 10.2. The second-order valence-corrected chi connectivity index (χ2v) is 5.48. The van der Waals surface area contributed by atoms with Gasteiger partial charge in [-0.05, 0) is 61.4 Å². The Balaban J connectivity index is 2.21. The molecule has 1 N–H and O–H groups in total. The Morgan fingerprint density at radius 3 is 2.40 bits per heavy atom. The number of aromatic hydroxyl groups is 1. The van der Waals surface area contributed by atoms with Crippen LogP contribution in [-0.2, 0) is 11.1 Å². The molecule has 1 atom stereocenters. The summed E-state index contributed by atoms with van der Waals surface area (Å²) in [5, 5.41) is 9.35. The average molecular weight is 292 g/mol. The van der Waals surface area contributed by atoms with E-state index in [1.165, 1.54) is 6.07 Å². The van der Waals surface area contributed by atoms with Crippen LogP contribution in [0.1, 0.15) is 11.1 Å². The first-order chi connectivity index (χ1) is 9.51. The van der Waals surface area contributed by atoms with Gasteiger partial charge in [0.2, 0.25) is 11.1 Å². The molecule has 0 radical (unpaired) electrons. The molecule has 2 rings (SSSR count). The standard InChI is InChI=1S/C15H16O4S/c1-10-9-13(5-6-14(10)18-3)19-20(17)15-7-4-12(16)8-11(15)2/h4-9,16H,1-3H3. The van der Waals surface area contributed by atoms with E-state index in [1.54, 1.807) is 44.4 Å². The summed E-state index contributed by atoms with van der Waals surface area (Å²) in [5.41, 5.74) is 1.62. The first-order valence-corrected chi connectivity index (χ1v) is 7.13. The van der Waals surface area contributed by atoms with Crippen molar-refractivity contribution >= 4 is 11.1 Å². The van der Waals surface area contributed by atoms with Gasteiger partial charge < -0.3 is 14.0 Å². The minimum absolute atomic E-state index is 0.142. The Bertz CT molecular complexity index is 652. The van der Waals surface area contributed by atoms with Gasteiger partial charge in [0.05, 0.1) is 12.0 Å². The molecule has 0 aliphatic carbocycles. The highest BCUT2D eigenvalue weighted by molar-refractivity contribution is 7.80. The summed E-state index contributed by atoms with van der Waals surface area (Å²) in [6, 6.07) is 9.88. The molecular weight excluding hydrogens is 276 g/mol. The van der Waals surface area contributed by atoms with Crippen LogP contribution < -0.4 is 8.92 Å². The highest BCUT2D eigenvalue weighted by atomic mass is 32.2. The molecule has 1 unspecified atom stereocenters. The number of hydrogen-bond acceptors (Lipinski definition) is 4. The molecule has 0 saturated carbocycles. The van der Waals surface area contributed by atoms with Crippen LogP contribution in [0, 0.1) is 13.8 Å². The maximum absolute atomic E-state index is 12.2. The maximum atomic E-state index is 12.2. The van der Waals surface area contributed by atoms with Crippen LogP contribution in [0.2, 0.25) is 0 Å². The molecule has 20 heavy (non-hydrogen) atoms. The van der Waals surface area contributed by atoms with Crippen LogP contribution >= 0.6 is 0 Å². The smallest absolute Gasteiger partial charge is 0.240 e. The third-order valence-corrected chi connectivity index (χ3v) is 4.04. The molecule has 0 heterocycles. The van der Waals surface area contributed by atoms with E-state index in [9.17, 15) is 9.32 Å². The van der Waals surface area contributed by atoms with Crippen molar-refractivity contribution < 1.29 is 18.2 Å². The Labute approximate surface area is 120 Å². The molecule has 0 fully saturated rings. The molecule has 0 amide bonds. The number of phenolic OH excluding ortho intramolecular Hbond substituents is 1. The van der Waals surface area contributed by atoms with Crippen molar-refractivity contribution in [1.82, 2.24) is 0 Å². The van der Waals surface area contributed by atoms with Crippen molar-refractivity contribution in [1.29, 1.82) is 0 Å². The molecule has 0 aromatic heterocycles. The molecule has 0 aliphatic heterocycles. The van der Waals surface area contributed by atoms with Gasteiger partial charge in [-0.25, -0.2) is 4.21 Å². The van der Waals surface area contributed by atoms with E-state index >= 15 is 0 Å². The summed E-state index contributed by atoms with van der Waals surface area (Å²) >= 11 is -1.62. The fourth-order valence-electron chi connectivity index (χ4n) is 1.86. The van der Waals surface area contributed by atoms with E-state index in [0.29, 0.717) is 16.2 Å². The zero-order chi connectivity index (χ0) is 14.7. The van der Waals surface area contributed by atoms with Crippen molar-refractivity contribution in [3.63, 3.8) is 0 Å². The van der Waals surface area contributed by atoms with E-state index in [-0.39, 0.29) is 5.75 Å². The molecular formula is C15H16O4S. The summed E-state index contributed by atoms with van der Waals surface area (Å²) < 4.78 is 22.8. The normalized spacial score (nSPS) is 11.9.